The van der Waals surface area contributed by atoms with Crippen molar-refractivity contribution in [3.05, 3.63) is 71.3 Å². The summed E-state index contributed by atoms with van der Waals surface area (Å²) in [5, 5.41) is 8.09. The standard InChI is InChI=1S/C32H39F3N4O6/c1-21(36-27(40)19-39-12-14-44-15-13-39)29(42)38-26(17-23-8-10-24(11-9-23)18-32(33,34)35)30(43)37-25(28(41)31(2)20-45-31)16-22-6-4-3-5-7-22/h3-11,21,25-26H,12-20H2,1-2H3,(H,36,40)(H,37,43)(H,38,42)/t21-,25-,26-,31+/m0/s1. The lowest BCUT2D eigenvalue weighted by atomic mass is 9.94. The number of ether oxygens (including phenoxy) is 2. The van der Waals surface area contributed by atoms with Gasteiger partial charge in [-0.3, -0.25) is 24.1 Å². The van der Waals surface area contributed by atoms with Gasteiger partial charge < -0.3 is 25.4 Å². The summed E-state index contributed by atoms with van der Waals surface area (Å²) in [6.45, 7) is 5.63. The van der Waals surface area contributed by atoms with E-state index in [1.165, 1.54) is 31.2 Å². The van der Waals surface area contributed by atoms with Crippen LogP contribution in [0.3, 0.4) is 0 Å². The second kappa shape index (κ2) is 15.0. The van der Waals surface area contributed by atoms with Gasteiger partial charge in [-0.2, -0.15) is 13.2 Å². The first-order chi connectivity index (χ1) is 21.3. The first-order valence-electron chi connectivity index (χ1n) is 14.9. The second-order valence-corrected chi connectivity index (χ2v) is 11.7. The number of rotatable bonds is 14. The lowest BCUT2D eigenvalue weighted by molar-refractivity contribution is -0.134. The largest absolute Gasteiger partial charge is 0.393 e. The molecule has 3 N–H and O–H groups in total. The average molecular weight is 633 g/mol. The number of ketones is 1. The van der Waals surface area contributed by atoms with E-state index < -0.39 is 48.1 Å². The van der Waals surface area contributed by atoms with E-state index in [1.54, 1.807) is 6.92 Å². The van der Waals surface area contributed by atoms with E-state index in [9.17, 15) is 32.3 Å². The van der Waals surface area contributed by atoms with E-state index in [1.807, 2.05) is 35.2 Å². The first kappa shape index (κ1) is 34.1. The Labute approximate surface area is 260 Å². The summed E-state index contributed by atoms with van der Waals surface area (Å²) in [5.41, 5.74) is 0.324. The van der Waals surface area contributed by atoms with Gasteiger partial charge in [-0.05, 0) is 37.0 Å². The van der Waals surface area contributed by atoms with Crippen LogP contribution in [-0.4, -0.2) is 97.8 Å². The van der Waals surface area contributed by atoms with Gasteiger partial charge in [0.1, 0.15) is 17.7 Å². The highest BCUT2D eigenvalue weighted by atomic mass is 19.4. The number of nitrogens with one attached hydrogen (secondary N) is 3. The summed E-state index contributed by atoms with van der Waals surface area (Å²) in [6, 6.07) is 11.5. The Hall–Kier alpha value is -3.81. The minimum absolute atomic E-state index is 0.0547. The molecule has 0 radical (unpaired) electrons. The fraction of sp³-hybridized carbons (Fsp3) is 0.500. The third-order valence-corrected chi connectivity index (χ3v) is 7.76. The van der Waals surface area contributed by atoms with E-state index in [0.717, 1.165) is 5.56 Å². The molecule has 2 aromatic rings. The molecule has 0 aromatic heterocycles. The quantitative estimate of drug-likeness (QED) is 0.271. The average Bonchev–Trinajstić information content (AvgIpc) is 3.75. The number of hydrogen-bond acceptors (Lipinski definition) is 7. The zero-order valence-corrected chi connectivity index (χ0v) is 25.3. The van der Waals surface area contributed by atoms with Gasteiger partial charge in [0, 0.05) is 19.5 Å². The fourth-order valence-corrected chi connectivity index (χ4v) is 5.03. The van der Waals surface area contributed by atoms with Gasteiger partial charge in [0.25, 0.3) is 0 Å². The van der Waals surface area contributed by atoms with Crippen LogP contribution >= 0.6 is 0 Å². The topological polar surface area (TPSA) is 129 Å². The van der Waals surface area contributed by atoms with Crippen molar-refractivity contribution in [1.29, 1.82) is 0 Å². The van der Waals surface area contributed by atoms with Crippen LogP contribution in [-0.2, 0) is 47.9 Å². The van der Waals surface area contributed by atoms with E-state index in [4.69, 9.17) is 9.47 Å². The third kappa shape index (κ3) is 10.6. The second-order valence-electron chi connectivity index (χ2n) is 11.7. The molecule has 0 aliphatic carbocycles. The van der Waals surface area contributed by atoms with Crippen LogP contribution in [0.2, 0.25) is 0 Å². The van der Waals surface area contributed by atoms with Gasteiger partial charge in [-0.15, -0.1) is 0 Å². The fourth-order valence-electron chi connectivity index (χ4n) is 5.03. The molecule has 2 aliphatic heterocycles. The molecular formula is C32H39F3N4O6. The first-order valence-corrected chi connectivity index (χ1v) is 14.9. The minimum atomic E-state index is -4.37. The third-order valence-electron chi connectivity index (χ3n) is 7.76. The lowest BCUT2D eigenvalue weighted by Crippen LogP contribution is -2.57. The van der Waals surface area contributed by atoms with Crippen LogP contribution in [0.1, 0.15) is 30.5 Å². The number of amides is 3. The smallest absolute Gasteiger partial charge is 0.379 e. The molecule has 10 nitrogen and oxygen atoms in total. The molecular weight excluding hydrogens is 593 g/mol. The Morgan fingerprint density at radius 1 is 0.844 bits per heavy atom. The summed E-state index contributed by atoms with van der Waals surface area (Å²) < 4.78 is 49.2. The Morgan fingerprint density at radius 3 is 2.00 bits per heavy atom. The summed E-state index contributed by atoms with van der Waals surface area (Å²) in [7, 11) is 0. The molecule has 4 atom stereocenters. The summed E-state index contributed by atoms with van der Waals surface area (Å²) in [4.78, 5) is 54.8. The van der Waals surface area contributed by atoms with Crippen molar-refractivity contribution in [2.75, 3.05) is 39.5 Å². The lowest BCUT2D eigenvalue weighted by Gasteiger charge is -2.27. The zero-order valence-electron chi connectivity index (χ0n) is 25.3. The number of carbonyl (C=O) groups is 4. The Bertz CT molecular complexity index is 1330. The summed E-state index contributed by atoms with van der Waals surface area (Å²) in [6.07, 6.45) is -5.36. The molecule has 2 fully saturated rings. The van der Waals surface area contributed by atoms with Crippen molar-refractivity contribution in [2.24, 2.45) is 0 Å². The summed E-state index contributed by atoms with van der Waals surface area (Å²) in [5.74, 6) is -1.98. The van der Waals surface area contributed by atoms with Crippen molar-refractivity contribution < 1.29 is 41.8 Å². The number of Topliss-reactive ketones (excluding diaryl/α,β-unsaturated/α-hetero) is 1. The molecule has 0 saturated carbocycles. The maximum Gasteiger partial charge on any atom is 0.393 e. The predicted octanol–water partition coefficient (Wildman–Crippen LogP) is 1.74. The number of carbonyl (C=O) groups excluding carboxylic acids is 4. The van der Waals surface area contributed by atoms with Gasteiger partial charge in [0.15, 0.2) is 5.78 Å². The van der Waals surface area contributed by atoms with Crippen LogP contribution < -0.4 is 16.0 Å². The highest BCUT2D eigenvalue weighted by molar-refractivity contribution is 5.98. The molecule has 0 bridgehead atoms. The molecule has 244 valence electrons. The molecule has 13 heteroatoms. The van der Waals surface area contributed by atoms with Gasteiger partial charge in [-0.1, -0.05) is 54.6 Å². The van der Waals surface area contributed by atoms with E-state index in [2.05, 4.69) is 16.0 Å². The minimum Gasteiger partial charge on any atom is -0.379 e. The van der Waals surface area contributed by atoms with Crippen LogP contribution in [0.5, 0.6) is 0 Å². The Morgan fingerprint density at radius 2 is 1.40 bits per heavy atom. The number of hydrogen-bond donors (Lipinski definition) is 3. The van der Waals surface area contributed by atoms with Crippen LogP contribution in [0, 0.1) is 0 Å². The Balaban J connectivity index is 1.48. The number of alkyl halides is 3. The molecule has 2 aromatic carbocycles. The molecule has 4 rings (SSSR count). The molecule has 2 heterocycles. The maximum absolute atomic E-state index is 13.7. The highest BCUT2D eigenvalue weighted by Gasteiger charge is 2.50. The number of nitrogens with zero attached hydrogens (tertiary/aromatic N) is 1. The van der Waals surface area contributed by atoms with Gasteiger partial charge >= 0.3 is 6.18 Å². The van der Waals surface area contributed by atoms with E-state index in [-0.39, 0.29) is 43.2 Å². The van der Waals surface area contributed by atoms with Crippen LogP contribution in [0.25, 0.3) is 0 Å². The van der Waals surface area contributed by atoms with E-state index in [0.29, 0.717) is 31.9 Å². The predicted molar refractivity (Wildman–Crippen MR) is 158 cm³/mol. The summed E-state index contributed by atoms with van der Waals surface area (Å²) >= 11 is 0. The monoisotopic (exact) mass is 632 g/mol. The van der Waals surface area contributed by atoms with Gasteiger partial charge in [-0.25, -0.2) is 0 Å². The highest BCUT2D eigenvalue weighted by Crippen LogP contribution is 2.29. The van der Waals surface area contributed by atoms with Crippen molar-refractivity contribution in [3.8, 4) is 0 Å². The molecule has 0 unspecified atom stereocenters. The van der Waals surface area contributed by atoms with Gasteiger partial charge in [0.05, 0.1) is 38.8 Å². The SMILES string of the molecule is C[C@H](NC(=O)CN1CCOCC1)C(=O)N[C@@H](Cc1ccc(CC(F)(F)F)cc1)C(=O)N[C@@H](Cc1ccccc1)C(=O)[C@@]1(C)CO1. The molecule has 45 heavy (non-hydrogen) atoms. The molecule has 0 spiro atoms. The number of benzene rings is 2. The van der Waals surface area contributed by atoms with Crippen LogP contribution in [0.4, 0.5) is 13.2 Å². The van der Waals surface area contributed by atoms with Crippen molar-refractivity contribution in [3.63, 3.8) is 0 Å². The number of morpholine rings is 1. The van der Waals surface area contributed by atoms with Crippen molar-refractivity contribution in [1.82, 2.24) is 20.9 Å². The van der Waals surface area contributed by atoms with Crippen molar-refractivity contribution in [2.45, 2.75) is 63.0 Å². The molecule has 2 aliphatic rings. The Kier molecular flexibility index (Phi) is 11.3. The number of epoxide rings is 1. The molecule has 3 amide bonds. The van der Waals surface area contributed by atoms with Crippen LogP contribution in [0.15, 0.2) is 54.6 Å². The van der Waals surface area contributed by atoms with Gasteiger partial charge in [0.2, 0.25) is 17.7 Å². The van der Waals surface area contributed by atoms with Crippen molar-refractivity contribution >= 4 is 23.5 Å². The zero-order chi connectivity index (χ0) is 32.6. The maximum atomic E-state index is 13.7. The number of halogens is 3. The normalized spacial score (nSPS) is 20.4. The van der Waals surface area contributed by atoms with E-state index >= 15 is 0 Å². The molecule has 2 saturated heterocycles.